The monoisotopic (exact) mass is 418 g/mol. The van der Waals surface area contributed by atoms with Gasteiger partial charge < -0.3 is 25.0 Å². The van der Waals surface area contributed by atoms with Crippen LogP contribution in [-0.2, 0) is 12.0 Å². The van der Waals surface area contributed by atoms with Crippen molar-refractivity contribution in [3.05, 3.63) is 43.8 Å². The highest BCUT2D eigenvalue weighted by molar-refractivity contribution is 7.16. The summed E-state index contributed by atoms with van der Waals surface area (Å²) >= 11 is 1.27. The number of aromatic nitrogens is 1. The van der Waals surface area contributed by atoms with Crippen LogP contribution in [0, 0.1) is 0 Å². The van der Waals surface area contributed by atoms with Gasteiger partial charge in [0.05, 0.1) is 16.9 Å². The number of halogens is 1. The third kappa shape index (κ3) is 2.35. The summed E-state index contributed by atoms with van der Waals surface area (Å²) in [6.45, 7) is 4.64. The van der Waals surface area contributed by atoms with Crippen LogP contribution in [0.3, 0.4) is 0 Å². The molecule has 0 amide bonds. The van der Waals surface area contributed by atoms with Gasteiger partial charge in [-0.2, -0.15) is 0 Å². The molecule has 0 spiro atoms. The van der Waals surface area contributed by atoms with Gasteiger partial charge >= 0.3 is 5.97 Å². The predicted molar refractivity (Wildman–Crippen MR) is 109 cm³/mol. The van der Waals surface area contributed by atoms with E-state index in [0.717, 1.165) is 24.4 Å². The summed E-state index contributed by atoms with van der Waals surface area (Å²) in [7, 11) is 1.63. The number of nitrogens with zero attached hydrogens (tertiary/aromatic N) is 2. The number of aromatic carboxylic acids is 1. The molecule has 1 fully saturated rings. The van der Waals surface area contributed by atoms with Crippen molar-refractivity contribution in [2.45, 2.75) is 31.5 Å². The molecule has 2 aromatic heterocycles. The van der Waals surface area contributed by atoms with Crippen LogP contribution in [-0.4, -0.2) is 59.8 Å². The van der Waals surface area contributed by atoms with Crippen molar-refractivity contribution in [3.8, 4) is 0 Å². The number of alkyl halides is 1. The molecule has 1 saturated heterocycles. The minimum Gasteiger partial charge on any atom is -0.477 e. The van der Waals surface area contributed by atoms with Crippen LogP contribution in [0.4, 0.5) is 4.39 Å². The summed E-state index contributed by atoms with van der Waals surface area (Å²) in [6.07, 6.45) is -0.104. The molecule has 5 rings (SSSR count). The van der Waals surface area contributed by atoms with Crippen molar-refractivity contribution in [2.24, 2.45) is 0 Å². The summed E-state index contributed by atoms with van der Waals surface area (Å²) in [5.74, 6) is -1.27. The van der Waals surface area contributed by atoms with Crippen molar-refractivity contribution in [1.29, 1.82) is 0 Å². The molecule has 2 atom stereocenters. The van der Waals surface area contributed by atoms with Gasteiger partial charge in [0.2, 0.25) is 5.43 Å². The maximum Gasteiger partial charge on any atom is 0.342 e. The molecule has 2 aliphatic heterocycles. The van der Waals surface area contributed by atoms with E-state index in [1.165, 1.54) is 11.3 Å². The number of hydrogen-bond donors (Lipinski definition) is 3. The van der Waals surface area contributed by atoms with Gasteiger partial charge in [-0.1, -0.05) is 0 Å². The van der Waals surface area contributed by atoms with Crippen molar-refractivity contribution >= 4 is 27.7 Å². The molecule has 3 N–H and O–H groups in total. The number of carbonyl (C=O) groups is 1. The zero-order valence-corrected chi connectivity index (χ0v) is 17.2. The summed E-state index contributed by atoms with van der Waals surface area (Å²) in [4.78, 5) is 27.9. The first-order valence-corrected chi connectivity index (χ1v) is 10.7. The fraction of sp³-hybridized carbons (Fsp3) is 0.500. The molecule has 4 heterocycles. The Labute approximate surface area is 170 Å². The highest BCUT2D eigenvalue weighted by Crippen LogP contribution is 2.47. The van der Waals surface area contributed by atoms with E-state index < -0.39 is 23.1 Å². The molecular weight excluding hydrogens is 395 g/mol. The second-order valence-electron chi connectivity index (χ2n) is 8.02. The normalized spacial score (nSPS) is 26.3. The SMILES string of the molecule is CNC1(C)c2c3n4c(csc4c(C(=O)O)c2=O)CCC3=C(N2CCNCC2)C1F. The Kier molecular flexibility index (Phi) is 4.13. The van der Waals surface area contributed by atoms with Crippen molar-refractivity contribution in [2.75, 3.05) is 33.2 Å². The Hall–Kier alpha value is -2.23. The van der Waals surface area contributed by atoms with Gasteiger partial charge in [0, 0.05) is 42.8 Å². The molecule has 2 aromatic rings. The lowest BCUT2D eigenvalue weighted by atomic mass is 9.74. The highest BCUT2D eigenvalue weighted by Gasteiger charge is 2.50. The maximum absolute atomic E-state index is 16.2. The van der Waals surface area contributed by atoms with Gasteiger partial charge in [0.15, 0.2) is 6.17 Å². The molecule has 9 heteroatoms. The maximum atomic E-state index is 16.2. The van der Waals surface area contributed by atoms with Gasteiger partial charge in [-0.25, -0.2) is 9.18 Å². The molecule has 7 nitrogen and oxygen atoms in total. The van der Waals surface area contributed by atoms with Crippen LogP contribution >= 0.6 is 11.3 Å². The van der Waals surface area contributed by atoms with Crippen molar-refractivity contribution < 1.29 is 14.3 Å². The number of thiazole rings is 1. The van der Waals surface area contributed by atoms with Gasteiger partial charge in [-0.15, -0.1) is 11.3 Å². The number of nitrogens with one attached hydrogen (secondary N) is 2. The quantitative estimate of drug-likeness (QED) is 0.699. The van der Waals surface area contributed by atoms with E-state index in [-0.39, 0.29) is 11.1 Å². The van der Waals surface area contributed by atoms with Crippen LogP contribution in [0.1, 0.15) is 40.7 Å². The average Bonchev–Trinajstić information content (AvgIpc) is 3.14. The summed E-state index contributed by atoms with van der Waals surface area (Å²) in [6, 6.07) is 0. The van der Waals surface area contributed by atoms with Gasteiger partial charge in [0.1, 0.15) is 10.4 Å². The van der Waals surface area contributed by atoms with Gasteiger partial charge in [-0.3, -0.25) is 4.79 Å². The molecule has 2 unspecified atom stereocenters. The van der Waals surface area contributed by atoms with Crippen molar-refractivity contribution in [3.63, 3.8) is 0 Å². The number of piperazine rings is 1. The lowest BCUT2D eigenvalue weighted by Crippen LogP contribution is -2.57. The smallest absolute Gasteiger partial charge is 0.342 e. The molecular formula is C20H23FN4O3S. The lowest BCUT2D eigenvalue weighted by molar-refractivity contribution is 0.0696. The zero-order valence-electron chi connectivity index (χ0n) is 16.3. The topological polar surface area (TPSA) is 86.1 Å². The minimum atomic E-state index is -1.44. The third-order valence-electron chi connectivity index (χ3n) is 6.61. The Bertz CT molecular complexity index is 1130. The van der Waals surface area contributed by atoms with E-state index in [1.54, 1.807) is 14.0 Å². The van der Waals surface area contributed by atoms with Gasteiger partial charge in [-0.05, 0) is 32.4 Å². The molecule has 0 saturated carbocycles. The first-order chi connectivity index (χ1) is 13.9. The predicted octanol–water partition coefficient (Wildman–Crippen LogP) is 1.41. The van der Waals surface area contributed by atoms with Crippen LogP contribution in [0.15, 0.2) is 15.9 Å². The Morgan fingerprint density at radius 1 is 1.38 bits per heavy atom. The summed E-state index contributed by atoms with van der Waals surface area (Å²) in [5, 5.41) is 18.0. The van der Waals surface area contributed by atoms with Crippen LogP contribution in [0.25, 0.3) is 10.4 Å². The number of carboxylic acid groups (broad SMARTS) is 1. The summed E-state index contributed by atoms with van der Waals surface area (Å²) < 4.78 is 18.1. The standard InChI is InChI=1S/C20H23FN4O3S/c1-20(22-2)13-14-11(15(17(20)21)24-7-5-23-6-8-24)4-3-10-9-29-18(25(10)14)12(16(13)26)19(27)28/h9,17,22-23H,3-8H2,1-2H3,(H,27,28). The number of carboxylic acids is 1. The van der Waals surface area contributed by atoms with Crippen LogP contribution < -0.4 is 16.1 Å². The first-order valence-electron chi connectivity index (χ1n) is 9.85. The fourth-order valence-corrected chi connectivity index (χ4v) is 6.11. The zero-order chi connectivity index (χ0) is 20.5. The highest BCUT2D eigenvalue weighted by atomic mass is 32.1. The molecule has 0 aromatic carbocycles. The molecule has 0 radical (unpaired) electrons. The van der Waals surface area contributed by atoms with Crippen LogP contribution in [0.2, 0.25) is 0 Å². The molecule has 0 bridgehead atoms. The number of pyridine rings is 1. The molecule has 29 heavy (non-hydrogen) atoms. The second-order valence-corrected chi connectivity index (χ2v) is 8.87. The Morgan fingerprint density at radius 2 is 2.10 bits per heavy atom. The Morgan fingerprint density at radius 3 is 2.76 bits per heavy atom. The van der Waals surface area contributed by atoms with E-state index in [2.05, 4.69) is 15.5 Å². The van der Waals surface area contributed by atoms with Crippen LogP contribution in [0.5, 0.6) is 0 Å². The lowest BCUT2D eigenvalue weighted by Gasteiger charge is -2.46. The van der Waals surface area contributed by atoms with E-state index in [0.29, 0.717) is 42.2 Å². The Balaban J connectivity index is 1.94. The number of allylic oxidation sites excluding steroid dienone is 1. The van der Waals surface area contributed by atoms with E-state index in [4.69, 9.17) is 0 Å². The number of hydrogen-bond acceptors (Lipinski definition) is 6. The van der Waals surface area contributed by atoms with E-state index in [9.17, 15) is 14.7 Å². The molecule has 3 aliphatic rings. The van der Waals surface area contributed by atoms with Gasteiger partial charge in [0.25, 0.3) is 0 Å². The largest absolute Gasteiger partial charge is 0.477 e. The van der Waals surface area contributed by atoms with Crippen molar-refractivity contribution in [1.82, 2.24) is 19.9 Å². The average molecular weight is 418 g/mol. The molecule has 154 valence electrons. The third-order valence-corrected chi connectivity index (χ3v) is 7.61. The minimum absolute atomic E-state index is 0.232. The number of aryl methyl sites for hydroxylation is 1. The van der Waals surface area contributed by atoms with E-state index in [1.807, 2.05) is 9.78 Å². The fourth-order valence-electron chi connectivity index (χ4n) is 5.03. The summed E-state index contributed by atoms with van der Waals surface area (Å²) in [5.41, 5.74) is 1.23. The first kappa shape index (κ1) is 18.8. The second kappa shape index (κ2) is 6.38. The molecule has 1 aliphatic carbocycles. The number of rotatable bonds is 3. The van der Waals surface area contributed by atoms with E-state index >= 15 is 4.39 Å².